The molecule has 0 aliphatic carbocycles. The molecule has 3 aliphatic rings. The first kappa shape index (κ1) is 49.9. The van der Waals surface area contributed by atoms with Gasteiger partial charge in [0.1, 0.15) is 23.0 Å². The number of aromatic nitrogens is 6. The highest BCUT2D eigenvalue weighted by Crippen LogP contribution is 2.32. The van der Waals surface area contributed by atoms with Gasteiger partial charge in [0.15, 0.2) is 0 Å². The van der Waals surface area contributed by atoms with Crippen molar-refractivity contribution in [1.82, 2.24) is 38.6 Å². The normalized spacial score (nSPS) is 17.1. The van der Waals surface area contributed by atoms with Gasteiger partial charge >= 0.3 is 5.95 Å². The van der Waals surface area contributed by atoms with Crippen LogP contribution in [0.1, 0.15) is 18.9 Å². The van der Waals surface area contributed by atoms with E-state index in [0.29, 0.717) is 77.4 Å². The van der Waals surface area contributed by atoms with E-state index in [1.165, 1.54) is 28.6 Å². The van der Waals surface area contributed by atoms with Crippen LogP contribution in [0, 0.1) is 18.6 Å². The number of nitrogens with one attached hydrogen (secondary N) is 3. The molecule has 0 amide bonds. The largest absolute Gasteiger partial charge is 0.398 e. The van der Waals surface area contributed by atoms with Gasteiger partial charge in [0.05, 0.1) is 51.9 Å². The molecule has 11 rings (SSSR count). The second-order valence-electron chi connectivity index (χ2n) is 19.7. The molecule has 0 bridgehead atoms. The zero-order valence-corrected chi connectivity index (χ0v) is 43.8. The highest BCUT2D eigenvalue weighted by atomic mass is 32.2. The molecule has 22 heteroatoms. The number of aryl methyl sites for hydroxylation is 1. The van der Waals surface area contributed by atoms with Gasteiger partial charge in [0, 0.05) is 106 Å². The zero-order valence-electron chi connectivity index (χ0n) is 42.2. The van der Waals surface area contributed by atoms with Gasteiger partial charge in [-0.1, -0.05) is 4.98 Å². The molecule has 18 nitrogen and oxygen atoms in total. The molecule has 0 radical (unpaired) electrons. The van der Waals surface area contributed by atoms with E-state index in [-0.39, 0.29) is 34.8 Å². The summed E-state index contributed by atoms with van der Waals surface area (Å²) in [7, 11) is -3.28. The van der Waals surface area contributed by atoms with E-state index in [0.717, 1.165) is 61.3 Å². The Morgan fingerprint density at radius 3 is 1.93 bits per heavy atom. The predicted octanol–water partition coefficient (Wildman–Crippen LogP) is 6.53. The molecular formula is C53H59F2N14O4S2+. The molecule has 390 valence electrons. The van der Waals surface area contributed by atoms with Crippen LogP contribution >= 0.6 is 0 Å². The third-order valence-electron chi connectivity index (χ3n) is 14.3. The first-order chi connectivity index (χ1) is 36.0. The topological polar surface area (TPSA) is 173 Å². The van der Waals surface area contributed by atoms with Crippen molar-refractivity contribution in [1.29, 1.82) is 0 Å². The summed E-state index contributed by atoms with van der Waals surface area (Å²) in [4.78, 5) is 22.9. The van der Waals surface area contributed by atoms with E-state index in [9.17, 15) is 16.8 Å². The molecule has 3 N–H and O–H groups in total. The summed E-state index contributed by atoms with van der Waals surface area (Å²) in [5, 5.41) is 8.03. The molecule has 0 saturated carbocycles. The van der Waals surface area contributed by atoms with E-state index in [1.54, 1.807) is 48.0 Å². The molecule has 8 aromatic rings. The van der Waals surface area contributed by atoms with Gasteiger partial charge in [-0.05, 0) is 125 Å². The number of benzene rings is 4. The Balaban J connectivity index is 0.822. The Morgan fingerprint density at radius 1 is 0.693 bits per heavy atom. The third kappa shape index (κ3) is 10.3. The maximum Gasteiger partial charge on any atom is 0.398 e. The number of hydrogen-bond acceptors (Lipinski definition) is 13. The monoisotopic (exact) mass is 1060 g/mol. The number of sulfonamides is 2. The lowest BCUT2D eigenvalue weighted by atomic mass is 10.1. The van der Waals surface area contributed by atoms with Gasteiger partial charge in [0.2, 0.25) is 31.6 Å². The first-order valence-corrected chi connectivity index (χ1v) is 28.1. The van der Waals surface area contributed by atoms with Crippen molar-refractivity contribution in [3.63, 3.8) is 0 Å². The van der Waals surface area contributed by atoms with Crippen LogP contribution in [0.15, 0.2) is 121 Å². The van der Waals surface area contributed by atoms with Crippen molar-refractivity contribution < 1.29 is 30.2 Å². The molecule has 4 aromatic carbocycles. The highest BCUT2D eigenvalue weighted by Gasteiger charge is 2.29. The predicted molar refractivity (Wildman–Crippen MR) is 289 cm³/mol. The number of likely N-dealkylation sites (N-methyl/N-ethyl adjacent to an activating group) is 2. The summed E-state index contributed by atoms with van der Waals surface area (Å²) in [6.45, 7) is 10.6. The fourth-order valence-corrected chi connectivity index (χ4v) is 12.9. The molecule has 3 aliphatic heterocycles. The lowest BCUT2D eigenvalue weighted by Crippen LogP contribution is -2.47. The molecule has 3 fully saturated rings. The number of rotatable bonds is 14. The van der Waals surface area contributed by atoms with Crippen LogP contribution in [-0.2, 0) is 26.6 Å². The van der Waals surface area contributed by atoms with E-state index in [2.05, 4.69) is 49.1 Å². The van der Waals surface area contributed by atoms with Crippen LogP contribution in [0.3, 0.4) is 0 Å². The van der Waals surface area contributed by atoms with Crippen LogP contribution in [0.5, 0.6) is 0 Å². The number of halogens is 2. The summed E-state index contributed by atoms with van der Waals surface area (Å²) in [5.41, 5.74) is 6.13. The van der Waals surface area contributed by atoms with Crippen molar-refractivity contribution in [3.05, 3.63) is 133 Å². The summed E-state index contributed by atoms with van der Waals surface area (Å²) >= 11 is 0. The molecule has 0 spiro atoms. The smallest absolute Gasteiger partial charge is 0.367 e. The van der Waals surface area contributed by atoms with Gasteiger partial charge in [-0.3, -0.25) is 8.87 Å². The van der Waals surface area contributed by atoms with Crippen molar-refractivity contribution >= 4 is 82.4 Å². The SMILES string of the molecule is Cc1cc(N2CCN(C)CC2)c(F)cc1Nc1ncc2ccn(-c3ccc(S(=O)(=O)NC(C)C[n+]4cc5ccn(-c6ccc(N7CCCS7(=O)=O)cc6)c5nc4Nc4ccc(N5CCN(C)CC5)c(F)c4)cc3)c2n1. The fourth-order valence-electron chi connectivity index (χ4n) is 10.1. The van der Waals surface area contributed by atoms with Gasteiger partial charge < -0.3 is 29.5 Å². The standard InChI is InChI=1S/C53H58F2N14O4S2/c1-36-30-49(65-27-23-63(4)24-28-65)46(55)32-47(36)58-52-56-33-38-16-19-67(50(38)59-52)42-11-13-44(14-12-42)75(72,73)61-37(2)34-66-35-39-17-20-68(41-7-9-43(10-8-41)69-18-5-29-74(69,70)71)51(39)60-53(66)57-40-6-15-48(45(54)31-40)64-25-21-62(3)22-26-64/h6-17,19-20,30-33,35,37,61H,5,18,21-29,34H2,1-4H3,(H,56,58,59)/p+1. The maximum atomic E-state index is 15.9. The Morgan fingerprint density at radius 2 is 1.29 bits per heavy atom. The molecular weight excluding hydrogens is 999 g/mol. The van der Waals surface area contributed by atoms with Crippen LogP contribution in [0.2, 0.25) is 0 Å². The quantitative estimate of drug-likeness (QED) is 0.101. The maximum absolute atomic E-state index is 15.9. The van der Waals surface area contributed by atoms with Crippen molar-refractivity contribution in [2.24, 2.45) is 0 Å². The van der Waals surface area contributed by atoms with E-state index in [4.69, 9.17) is 9.97 Å². The number of hydrogen-bond donors (Lipinski definition) is 3. The van der Waals surface area contributed by atoms with Crippen LogP contribution in [0.25, 0.3) is 33.4 Å². The van der Waals surface area contributed by atoms with E-state index >= 15 is 8.78 Å². The molecule has 1 atom stereocenters. The molecule has 3 saturated heterocycles. The average molecular weight is 1060 g/mol. The molecule has 4 aromatic heterocycles. The Labute approximate surface area is 434 Å². The first-order valence-electron chi connectivity index (χ1n) is 25.1. The summed E-state index contributed by atoms with van der Waals surface area (Å²) in [6, 6.07) is 25.2. The number of nitrogens with zero attached hydrogens (tertiary/aromatic N) is 11. The Bertz CT molecular complexity index is 3650. The van der Waals surface area contributed by atoms with Crippen molar-refractivity contribution in [2.45, 2.75) is 37.8 Å². The average Bonchev–Trinajstić information content (AvgIpc) is 4.11. The van der Waals surface area contributed by atoms with Crippen molar-refractivity contribution in [2.75, 3.05) is 103 Å². The second kappa shape index (κ2) is 20.1. The second-order valence-corrected chi connectivity index (χ2v) is 23.5. The van der Waals surface area contributed by atoms with Crippen LogP contribution in [0.4, 0.5) is 49.1 Å². The number of anilines is 7. The van der Waals surface area contributed by atoms with Crippen LogP contribution < -0.4 is 34.0 Å². The zero-order chi connectivity index (χ0) is 52.2. The Hall–Kier alpha value is -7.24. The third-order valence-corrected chi connectivity index (χ3v) is 17.8. The van der Waals surface area contributed by atoms with Gasteiger partial charge in [0.25, 0.3) is 0 Å². The fraction of sp³-hybridized carbons (Fsp3) is 0.321. The minimum Gasteiger partial charge on any atom is -0.367 e. The molecule has 1 unspecified atom stereocenters. The highest BCUT2D eigenvalue weighted by molar-refractivity contribution is 7.93. The number of fused-ring (bicyclic) bond motifs is 2. The van der Waals surface area contributed by atoms with Gasteiger partial charge in [-0.2, -0.15) is 4.98 Å². The lowest BCUT2D eigenvalue weighted by Gasteiger charge is -2.34. The van der Waals surface area contributed by atoms with E-state index in [1.807, 2.05) is 75.9 Å². The van der Waals surface area contributed by atoms with Crippen LogP contribution in [-0.4, -0.2) is 136 Å². The Kier molecular flexibility index (Phi) is 13.4. The summed E-state index contributed by atoms with van der Waals surface area (Å²) in [5.74, 6) is 0.0490. The molecule has 7 heterocycles. The summed E-state index contributed by atoms with van der Waals surface area (Å²) in [6.07, 6.45) is 7.83. The minimum absolute atomic E-state index is 0.0577. The lowest BCUT2D eigenvalue weighted by molar-refractivity contribution is -0.685. The van der Waals surface area contributed by atoms with Gasteiger partial charge in [-0.15, -0.1) is 0 Å². The molecule has 75 heavy (non-hydrogen) atoms. The minimum atomic E-state index is -4.04. The van der Waals surface area contributed by atoms with Gasteiger partial charge in [-0.25, -0.2) is 45.2 Å². The number of piperazine rings is 2. The van der Waals surface area contributed by atoms with Crippen molar-refractivity contribution in [3.8, 4) is 11.4 Å². The van der Waals surface area contributed by atoms with E-state index < -0.39 is 26.1 Å². The summed E-state index contributed by atoms with van der Waals surface area (Å²) < 4.78 is 94.5.